The topological polar surface area (TPSA) is 95.6 Å². The zero-order chi connectivity index (χ0) is 23.8. The molecule has 2 atom stereocenters. The van der Waals surface area contributed by atoms with E-state index in [2.05, 4.69) is 5.10 Å². The number of carbonyl (C=O) groups is 1. The second kappa shape index (κ2) is 9.18. The third-order valence-corrected chi connectivity index (χ3v) is 6.05. The number of carbonyl (C=O) groups excluding carboxylic acids is 1. The highest BCUT2D eigenvalue weighted by molar-refractivity contribution is 5.74. The molecule has 2 aliphatic heterocycles. The third-order valence-electron chi connectivity index (χ3n) is 6.05. The van der Waals surface area contributed by atoms with Gasteiger partial charge in [-0.2, -0.15) is 18.3 Å². The molecule has 1 aromatic heterocycles. The van der Waals surface area contributed by atoms with Gasteiger partial charge in [0.15, 0.2) is 5.82 Å². The Kier molecular flexibility index (Phi) is 6.48. The summed E-state index contributed by atoms with van der Waals surface area (Å²) in [5.74, 6) is 0.226. The van der Waals surface area contributed by atoms with Crippen molar-refractivity contribution in [3.05, 3.63) is 51.7 Å². The van der Waals surface area contributed by atoms with E-state index in [-0.39, 0.29) is 25.5 Å². The fourth-order valence-electron chi connectivity index (χ4n) is 4.34. The van der Waals surface area contributed by atoms with E-state index in [9.17, 15) is 27.9 Å². The highest BCUT2D eigenvalue weighted by Gasteiger charge is 2.39. The van der Waals surface area contributed by atoms with Crippen LogP contribution in [0, 0.1) is 6.92 Å². The quantitative estimate of drug-likeness (QED) is 0.693. The number of likely N-dealkylation sites (tertiary alicyclic amines) is 1. The predicted octanol–water partition coefficient (Wildman–Crippen LogP) is 1.44. The molecule has 0 aliphatic carbocycles. The maximum absolute atomic E-state index is 13.2. The van der Waals surface area contributed by atoms with Gasteiger partial charge in [0.25, 0.3) is 0 Å². The van der Waals surface area contributed by atoms with Crippen LogP contribution < -0.4 is 11.0 Å². The van der Waals surface area contributed by atoms with E-state index < -0.39 is 36.7 Å². The van der Waals surface area contributed by atoms with E-state index in [0.717, 1.165) is 28.9 Å². The molecule has 2 unspecified atom stereocenters. The molecule has 0 spiro atoms. The van der Waals surface area contributed by atoms with Crippen LogP contribution in [0.5, 0.6) is 0 Å². The monoisotopic (exact) mass is 468 g/mol. The summed E-state index contributed by atoms with van der Waals surface area (Å²) < 4.78 is 40.4. The molecule has 1 fully saturated rings. The maximum Gasteiger partial charge on any atom is 0.405 e. The van der Waals surface area contributed by atoms with E-state index in [1.54, 1.807) is 0 Å². The van der Waals surface area contributed by atoms with Gasteiger partial charge in [-0.25, -0.2) is 14.3 Å². The normalized spacial score (nSPS) is 20.0. The molecule has 2 N–H and O–H groups in total. The van der Waals surface area contributed by atoms with Gasteiger partial charge >= 0.3 is 17.9 Å². The minimum atomic E-state index is -4.54. The lowest BCUT2D eigenvalue weighted by Crippen LogP contribution is -2.54. The number of rotatable bonds is 5. The van der Waals surface area contributed by atoms with Gasteiger partial charge in [0, 0.05) is 19.6 Å². The minimum Gasteiger partial charge on any atom is -0.376 e. The second-order valence-corrected chi connectivity index (χ2v) is 8.59. The van der Waals surface area contributed by atoms with Crippen molar-refractivity contribution in [2.45, 2.75) is 51.3 Å². The van der Waals surface area contributed by atoms with Crippen LogP contribution in [0.2, 0.25) is 0 Å². The number of aliphatic hydroxyl groups is 1. The Morgan fingerprint density at radius 3 is 2.55 bits per heavy atom. The maximum atomic E-state index is 13.2. The molecular formula is C21H27F3N6O3. The van der Waals surface area contributed by atoms with Gasteiger partial charge in [-0.1, -0.05) is 29.8 Å². The zero-order valence-corrected chi connectivity index (χ0v) is 18.3. The first-order valence-electron chi connectivity index (χ1n) is 10.9. The summed E-state index contributed by atoms with van der Waals surface area (Å²) in [4.78, 5) is 28.6. The van der Waals surface area contributed by atoms with E-state index in [4.69, 9.17) is 0 Å². The van der Waals surface area contributed by atoms with Crippen molar-refractivity contribution in [1.29, 1.82) is 0 Å². The average molecular weight is 468 g/mol. The lowest BCUT2D eigenvalue weighted by Gasteiger charge is -2.38. The molecule has 180 valence electrons. The van der Waals surface area contributed by atoms with Crippen molar-refractivity contribution >= 4 is 6.03 Å². The molecule has 33 heavy (non-hydrogen) atoms. The number of urea groups is 1. The van der Waals surface area contributed by atoms with Crippen LogP contribution in [0.25, 0.3) is 0 Å². The Morgan fingerprint density at radius 2 is 1.91 bits per heavy atom. The van der Waals surface area contributed by atoms with Crippen molar-refractivity contribution in [2.75, 3.05) is 26.2 Å². The number of aromatic nitrogens is 3. The van der Waals surface area contributed by atoms with Gasteiger partial charge < -0.3 is 15.3 Å². The van der Waals surface area contributed by atoms with Gasteiger partial charge in [0.1, 0.15) is 12.8 Å². The standard InChI is InChI=1S/C21H27F3N6O3/c1-14-4-6-15(7-5-14)10-29-20(33)30-16(18(31)27-8-2-3-9-27)11-28(12-17(30)26-29)19(32)25-13-21(22,23)24/h4-7,16,18,31H,2-3,8-13H2,1H3,(H,25,32). The first-order chi connectivity index (χ1) is 15.6. The van der Waals surface area contributed by atoms with Gasteiger partial charge in [0.2, 0.25) is 0 Å². The van der Waals surface area contributed by atoms with Crippen molar-refractivity contribution in [3.8, 4) is 0 Å². The molecule has 2 amide bonds. The average Bonchev–Trinajstić information content (AvgIpc) is 3.41. The molecule has 9 nitrogen and oxygen atoms in total. The summed E-state index contributed by atoms with van der Waals surface area (Å²) in [6, 6.07) is 5.84. The largest absolute Gasteiger partial charge is 0.405 e. The molecule has 1 saturated heterocycles. The molecule has 12 heteroatoms. The molecule has 0 saturated carbocycles. The fourth-order valence-corrected chi connectivity index (χ4v) is 4.34. The number of halogens is 3. The number of hydrogen-bond donors (Lipinski definition) is 2. The predicted molar refractivity (Wildman–Crippen MR) is 112 cm³/mol. The first-order valence-corrected chi connectivity index (χ1v) is 10.9. The van der Waals surface area contributed by atoms with E-state index in [1.165, 1.54) is 9.25 Å². The number of amides is 2. The summed E-state index contributed by atoms with van der Waals surface area (Å²) >= 11 is 0. The number of hydrogen-bond acceptors (Lipinski definition) is 5. The molecule has 3 heterocycles. The number of fused-ring (bicyclic) bond motifs is 1. The fraction of sp³-hybridized carbons (Fsp3) is 0.571. The van der Waals surface area contributed by atoms with Crippen LogP contribution in [0.3, 0.4) is 0 Å². The third kappa shape index (κ3) is 5.22. The summed E-state index contributed by atoms with van der Waals surface area (Å²) in [7, 11) is 0. The Hall–Kier alpha value is -2.86. The van der Waals surface area contributed by atoms with Gasteiger partial charge in [-0.05, 0) is 25.3 Å². The number of aliphatic hydroxyl groups excluding tert-OH is 1. The van der Waals surface area contributed by atoms with Crippen LogP contribution in [-0.4, -0.2) is 73.9 Å². The highest BCUT2D eigenvalue weighted by Crippen LogP contribution is 2.26. The first kappa shape index (κ1) is 23.3. The molecule has 1 aromatic carbocycles. The van der Waals surface area contributed by atoms with Crippen molar-refractivity contribution < 1.29 is 23.1 Å². The molecule has 0 bridgehead atoms. The van der Waals surface area contributed by atoms with Crippen LogP contribution in [0.4, 0.5) is 18.0 Å². The molecule has 2 aromatic rings. The number of benzene rings is 1. The van der Waals surface area contributed by atoms with E-state index >= 15 is 0 Å². The Balaban J connectivity index is 1.63. The van der Waals surface area contributed by atoms with Crippen LogP contribution in [0.15, 0.2) is 29.1 Å². The summed E-state index contributed by atoms with van der Waals surface area (Å²) in [6.45, 7) is 1.73. The van der Waals surface area contributed by atoms with Gasteiger partial charge in [-0.15, -0.1) is 0 Å². The van der Waals surface area contributed by atoms with Crippen molar-refractivity contribution in [2.24, 2.45) is 0 Å². The molecule has 0 radical (unpaired) electrons. The molecule has 2 aliphatic rings. The Labute approximate surface area is 188 Å². The second-order valence-electron chi connectivity index (χ2n) is 8.59. The number of nitrogens with one attached hydrogen (secondary N) is 1. The lowest BCUT2D eigenvalue weighted by atomic mass is 10.1. The number of aryl methyl sites for hydroxylation is 1. The Morgan fingerprint density at radius 1 is 1.24 bits per heavy atom. The van der Waals surface area contributed by atoms with Gasteiger partial charge in [0.05, 0.1) is 19.1 Å². The minimum absolute atomic E-state index is 0.107. The lowest BCUT2D eigenvalue weighted by molar-refractivity contribution is -0.123. The number of nitrogens with zero attached hydrogens (tertiary/aromatic N) is 5. The van der Waals surface area contributed by atoms with Crippen LogP contribution >= 0.6 is 0 Å². The molecular weight excluding hydrogens is 441 g/mol. The smallest absolute Gasteiger partial charge is 0.376 e. The summed E-state index contributed by atoms with van der Waals surface area (Å²) in [6.07, 6.45) is -3.82. The highest BCUT2D eigenvalue weighted by atomic mass is 19.4. The van der Waals surface area contributed by atoms with Crippen molar-refractivity contribution in [3.63, 3.8) is 0 Å². The number of alkyl halides is 3. The summed E-state index contributed by atoms with van der Waals surface area (Å²) in [5, 5.41) is 17.2. The van der Waals surface area contributed by atoms with Crippen LogP contribution in [-0.2, 0) is 13.1 Å². The zero-order valence-electron chi connectivity index (χ0n) is 18.3. The van der Waals surface area contributed by atoms with Crippen molar-refractivity contribution in [1.82, 2.24) is 29.5 Å². The van der Waals surface area contributed by atoms with E-state index in [0.29, 0.717) is 13.1 Å². The SMILES string of the molecule is Cc1ccc(Cn2nc3n(c2=O)C(C(O)N2CCCC2)CN(C(=O)NCC(F)(F)F)C3)cc1. The molecule has 4 rings (SSSR count). The van der Waals surface area contributed by atoms with Gasteiger partial charge in [-0.3, -0.25) is 9.47 Å². The Bertz CT molecular complexity index is 1040. The van der Waals surface area contributed by atoms with E-state index in [1.807, 2.05) is 41.4 Å². The summed E-state index contributed by atoms with van der Waals surface area (Å²) in [5.41, 5.74) is 1.50. The van der Waals surface area contributed by atoms with Crippen LogP contribution in [0.1, 0.15) is 35.8 Å².